The van der Waals surface area contributed by atoms with E-state index in [0.717, 1.165) is 0 Å². The smallest absolute Gasteiger partial charge is 0.326 e. The van der Waals surface area contributed by atoms with Crippen molar-refractivity contribution < 1.29 is 18.0 Å². The predicted molar refractivity (Wildman–Crippen MR) is 96.6 cm³/mol. The number of nitrogens with zero attached hydrogens (tertiary/aromatic N) is 4. The molecule has 0 bridgehead atoms. The van der Waals surface area contributed by atoms with Crippen LogP contribution in [0.5, 0.6) is 0 Å². The van der Waals surface area contributed by atoms with Crippen LogP contribution in [0.15, 0.2) is 46.7 Å². The lowest BCUT2D eigenvalue weighted by Gasteiger charge is -2.08. The second-order valence-corrected chi connectivity index (χ2v) is 6.71. The van der Waals surface area contributed by atoms with Gasteiger partial charge in [-0.15, -0.1) is 0 Å². The van der Waals surface area contributed by atoms with Crippen molar-refractivity contribution in [1.82, 2.24) is 25.1 Å². The molecule has 28 heavy (non-hydrogen) atoms. The van der Waals surface area contributed by atoms with E-state index >= 15 is 0 Å². The van der Waals surface area contributed by atoms with Crippen molar-refractivity contribution in [1.29, 1.82) is 0 Å². The number of amides is 1. The third kappa shape index (κ3) is 6.09. The number of carbonyl (C=O) groups excluding carboxylic acids is 1. The molecule has 0 aliphatic heterocycles. The van der Waals surface area contributed by atoms with E-state index in [-0.39, 0.29) is 10.8 Å². The zero-order chi connectivity index (χ0) is 20.1. The fraction of sp³-hybridized carbons (Fsp3) is 0.133. The third-order valence-electron chi connectivity index (χ3n) is 3.04. The first-order valence-electron chi connectivity index (χ1n) is 7.58. The summed E-state index contributed by atoms with van der Waals surface area (Å²) < 4.78 is 36.6. The van der Waals surface area contributed by atoms with Crippen LogP contribution < -0.4 is 10.6 Å². The molecule has 0 saturated heterocycles. The highest BCUT2D eigenvalue weighted by Crippen LogP contribution is 2.29. The molecule has 0 atom stereocenters. The van der Waals surface area contributed by atoms with E-state index in [1.165, 1.54) is 36.3 Å². The Kier molecular flexibility index (Phi) is 5.99. The maximum Gasteiger partial charge on any atom is 0.397 e. The molecule has 146 valence electrons. The molecule has 1 aromatic carbocycles. The fourth-order valence-electron chi connectivity index (χ4n) is 1.99. The van der Waals surface area contributed by atoms with E-state index < -0.39 is 18.5 Å². The maximum atomic E-state index is 12.2. The molecule has 0 spiro atoms. The van der Waals surface area contributed by atoms with Gasteiger partial charge in [-0.05, 0) is 36.0 Å². The van der Waals surface area contributed by atoms with Gasteiger partial charge in [0, 0.05) is 16.6 Å². The molecule has 0 unspecified atom stereocenters. The van der Waals surface area contributed by atoms with Crippen LogP contribution in [0.1, 0.15) is 6.42 Å². The maximum absolute atomic E-state index is 12.2. The normalized spacial score (nSPS) is 11.3. The highest BCUT2D eigenvalue weighted by atomic mass is 35.5. The van der Waals surface area contributed by atoms with Crippen molar-refractivity contribution in [3.05, 3.63) is 41.8 Å². The number of aromatic nitrogens is 5. The van der Waals surface area contributed by atoms with E-state index in [0.29, 0.717) is 21.8 Å². The Labute approximate surface area is 165 Å². The summed E-state index contributed by atoms with van der Waals surface area (Å²) in [5, 5.41) is 11.9. The second-order valence-electron chi connectivity index (χ2n) is 5.28. The lowest BCUT2D eigenvalue weighted by atomic mass is 10.3. The van der Waals surface area contributed by atoms with Gasteiger partial charge in [0.2, 0.25) is 11.9 Å². The first kappa shape index (κ1) is 19.9. The molecule has 0 saturated carbocycles. The molecular weight excluding hydrogens is 419 g/mol. The summed E-state index contributed by atoms with van der Waals surface area (Å²) in [6.07, 6.45) is -4.77. The van der Waals surface area contributed by atoms with Gasteiger partial charge in [-0.3, -0.25) is 4.79 Å². The topological polar surface area (TPSA) is 108 Å². The summed E-state index contributed by atoms with van der Waals surface area (Å²) in [5.41, 5.74) is 0.248. The molecule has 3 aromatic rings. The largest absolute Gasteiger partial charge is 0.397 e. The van der Waals surface area contributed by atoms with Crippen molar-refractivity contribution in [3.63, 3.8) is 0 Å². The van der Waals surface area contributed by atoms with Gasteiger partial charge in [0.05, 0.1) is 0 Å². The van der Waals surface area contributed by atoms with E-state index in [1.54, 1.807) is 12.1 Å². The van der Waals surface area contributed by atoms with Crippen LogP contribution >= 0.6 is 23.4 Å². The van der Waals surface area contributed by atoms with Gasteiger partial charge in [0.15, 0.2) is 5.16 Å². The number of H-pyrrole nitrogens is 1. The van der Waals surface area contributed by atoms with Crippen molar-refractivity contribution in [2.24, 2.45) is 0 Å². The number of carbonyl (C=O) groups is 1. The lowest BCUT2D eigenvalue weighted by molar-refractivity contribution is -0.150. The summed E-state index contributed by atoms with van der Waals surface area (Å²) in [6, 6.07) is 7.69. The van der Waals surface area contributed by atoms with Gasteiger partial charge in [-0.25, -0.2) is 15.1 Å². The van der Waals surface area contributed by atoms with E-state index in [2.05, 4.69) is 35.8 Å². The van der Waals surface area contributed by atoms with Crippen molar-refractivity contribution in [2.45, 2.75) is 22.6 Å². The number of anilines is 3. The number of hydrogen-bond donors (Lipinski definition) is 3. The minimum Gasteiger partial charge on any atom is -0.326 e. The zero-order valence-electron chi connectivity index (χ0n) is 13.8. The summed E-state index contributed by atoms with van der Waals surface area (Å²) in [6.45, 7) is 0. The second kappa shape index (κ2) is 8.44. The highest BCUT2D eigenvalue weighted by molar-refractivity contribution is 7.99. The number of halogens is 4. The Hall–Kier alpha value is -2.86. The molecule has 0 fully saturated rings. The SMILES string of the molecule is O=C(CC(F)(F)F)Nc1ccc(Sc2nc(Cl)cc(Nc3ncn[nH]3)n2)cc1. The number of benzene rings is 1. The molecule has 3 N–H and O–H groups in total. The van der Waals surface area contributed by atoms with Gasteiger partial charge in [-0.2, -0.15) is 23.3 Å². The number of rotatable bonds is 6. The Bertz CT molecular complexity index is 951. The minimum atomic E-state index is -4.55. The molecule has 2 aromatic heterocycles. The number of alkyl halides is 3. The molecule has 8 nitrogen and oxygen atoms in total. The summed E-state index contributed by atoms with van der Waals surface area (Å²) in [4.78, 5) is 24.3. The van der Waals surface area contributed by atoms with Crippen molar-refractivity contribution in [3.8, 4) is 0 Å². The van der Waals surface area contributed by atoms with Gasteiger partial charge < -0.3 is 10.6 Å². The van der Waals surface area contributed by atoms with Crippen LogP contribution in [-0.2, 0) is 4.79 Å². The first-order valence-corrected chi connectivity index (χ1v) is 8.78. The van der Waals surface area contributed by atoms with Gasteiger partial charge in [-0.1, -0.05) is 11.6 Å². The molecule has 0 aliphatic carbocycles. The van der Waals surface area contributed by atoms with Crippen molar-refractivity contribution >= 4 is 46.7 Å². The Morgan fingerprint density at radius 3 is 2.61 bits per heavy atom. The van der Waals surface area contributed by atoms with Crippen LogP contribution in [-0.4, -0.2) is 37.2 Å². The average molecular weight is 430 g/mol. The molecule has 3 rings (SSSR count). The van der Waals surface area contributed by atoms with E-state index in [4.69, 9.17) is 11.6 Å². The van der Waals surface area contributed by atoms with Crippen LogP contribution in [0.4, 0.5) is 30.6 Å². The molecule has 13 heteroatoms. The Morgan fingerprint density at radius 2 is 1.96 bits per heavy atom. The summed E-state index contributed by atoms with van der Waals surface area (Å²) in [5.74, 6) is -0.353. The first-order chi connectivity index (χ1) is 13.3. The molecule has 1 amide bonds. The summed E-state index contributed by atoms with van der Waals surface area (Å²) in [7, 11) is 0. The zero-order valence-corrected chi connectivity index (χ0v) is 15.4. The Balaban J connectivity index is 1.65. The molecular formula is C15H11ClF3N7OS. The van der Waals surface area contributed by atoms with Crippen LogP contribution in [0.25, 0.3) is 0 Å². The third-order valence-corrected chi connectivity index (χ3v) is 4.11. The number of aromatic amines is 1. The fourth-order valence-corrected chi connectivity index (χ4v) is 3.00. The monoisotopic (exact) mass is 429 g/mol. The standard InChI is InChI=1S/C15H11ClF3N7OS/c16-10-5-11(24-13-20-7-21-26-13)25-14(23-10)28-9-3-1-8(2-4-9)22-12(27)6-15(17,18)19/h1-5,7H,6H2,(H,22,27)(H2,20,21,23,24,25,26). The van der Waals surface area contributed by atoms with Gasteiger partial charge in [0.25, 0.3) is 0 Å². The number of hydrogen-bond acceptors (Lipinski definition) is 7. The van der Waals surface area contributed by atoms with Crippen molar-refractivity contribution in [2.75, 3.05) is 10.6 Å². The quantitative estimate of drug-likeness (QED) is 0.401. The highest BCUT2D eigenvalue weighted by Gasteiger charge is 2.31. The van der Waals surface area contributed by atoms with Gasteiger partial charge in [0.1, 0.15) is 23.7 Å². The number of nitrogens with one attached hydrogen (secondary N) is 3. The van der Waals surface area contributed by atoms with E-state index in [9.17, 15) is 18.0 Å². The molecule has 0 radical (unpaired) electrons. The van der Waals surface area contributed by atoms with Crippen LogP contribution in [0.3, 0.4) is 0 Å². The van der Waals surface area contributed by atoms with Crippen LogP contribution in [0, 0.1) is 0 Å². The predicted octanol–water partition coefficient (Wildman–Crippen LogP) is 4.03. The van der Waals surface area contributed by atoms with Gasteiger partial charge >= 0.3 is 6.18 Å². The summed E-state index contributed by atoms with van der Waals surface area (Å²) >= 11 is 7.18. The minimum absolute atomic E-state index is 0.204. The Morgan fingerprint density at radius 1 is 1.21 bits per heavy atom. The average Bonchev–Trinajstić information content (AvgIpc) is 3.07. The molecule has 0 aliphatic rings. The van der Waals surface area contributed by atoms with E-state index in [1.807, 2.05) is 0 Å². The van der Waals surface area contributed by atoms with Crippen LogP contribution in [0.2, 0.25) is 5.15 Å². The lowest BCUT2D eigenvalue weighted by Crippen LogP contribution is -2.21. The molecule has 2 heterocycles.